The van der Waals surface area contributed by atoms with E-state index in [1.165, 1.54) is 6.92 Å². The van der Waals surface area contributed by atoms with E-state index in [0.29, 0.717) is 0 Å². The Kier molecular flexibility index (Phi) is 5.50. The molecule has 20 heavy (non-hydrogen) atoms. The van der Waals surface area contributed by atoms with Gasteiger partial charge in [-0.3, -0.25) is 4.79 Å². The molecule has 0 aliphatic carbocycles. The summed E-state index contributed by atoms with van der Waals surface area (Å²) in [7, 11) is -3.96. The molecule has 8 heteroatoms. The van der Waals surface area contributed by atoms with E-state index in [0.717, 1.165) is 22.5 Å². The summed E-state index contributed by atoms with van der Waals surface area (Å²) in [5.74, 6) is -2.59. The number of aliphatic carboxylic acids is 1. The van der Waals surface area contributed by atoms with Gasteiger partial charge in [0.15, 0.2) is 0 Å². The van der Waals surface area contributed by atoms with Crippen LogP contribution in [0.5, 0.6) is 0 Å². The molecule has 5 nitrogen and oxygen atoms in total. The van der Waals surface area contributed by atoms with E-state index < -0.39 is 27.7 Å². The molecule has 1 unspecified atom stereocenters. The summed E-state index contributed by atoms with van der Waals surface area (Å²) < 4.78 is 38.7. The molecule has 1 atom stereocenters. The van der Waals surface area contributed by atoms with Gasteiger partial charge in [0.2, 0.25) is 10.0 Å². The number of sulfonamides is 1. The number of halogens is 2. The van der Waals surface area contributed by atoms with Crippen LogP contribution in [0.2, 0.25) is 5.02 Å². The minimum absolute atomic E-state index is 0.0909. The molecule has 0 aliphatic heterocycles. The van der Waals surface area contributed by atoms with Crippen molar-refractivity contribution in [1.29, 1.82) is 0 Å². The first-order valence-corrected chi connectivity index (χ1v) is 7.70. The summed E-state index contributed by atoms with van der Waals surface area (Å²) in [6.45, 7) is 2.91. The van der Waals surface area contributed by atoms with Crippen LogP contribution >= 0.6 is 11.6 Å². The minimum Gasteiger partial charge on any atom is -0.481 e. The van der Waals surface area contributed by atoms with Gasteiger partial charge in [0.05, 0.1) is 10.9 Å². The maximum atomic E-state index is 13.0. The monoisotopic (exact) mass is 323 g/mol. The van der Waals surface area contributed by atoms with Gasteiger partial charge in [-0.05, 0) is 18.2 Å². The summed E-state index contributed by atoms with van der Waals surface area (Å²) in [5, 5.41) is 8.63. The van der Waals surface area contributed by atoms with Gasteiger partial charge in [-0.1, -0.05) is 25.4 Å². The smallest absolute Gasteiger partial charge is 0.307 e. The second-order valence-electron chi connectivity index (χ2n) is 4.27. The Hall–Kier alpha value is -1.18. The molecule has 0 saturated carbocycles. The van der Waals surface area contributed by atoms with Gasteiger partial charge in [-0.2, -0.15) is 4.31 Å². The van der Waals surface area contributed by atoms with E-state index >= 15 is 0 Å². The number of benzene rings is 1. The molecule has 0 spiro atoms. The van der Waals surface area contributed by atoms with Crippen molar-refractivity contribution in [2.24, 2.45) is 5.92 Å². The molecule has 0 heterocycles. The number of carboxylic acids is 1. The van der Waals surface area contributed by atoms with Crippen molar-refractivity contribution in [1.82, 2.24) is 4.31 Å². The van der Waals surface area contributed by atoms with Crippen molar-refractivity contribution >= 4 is 27.6 Å². The van der Waals surface area contributed by atoms with Crippen LogP contribution < -0.4 is 0 Å². The number of carbonyl (C=O) groups is 1. The highest BCUT2D eigenvalue weighted by atomic mass is 35.5. The van der Waals surface area contributed by atoms with Gasteiger partial charge in [0.25, 0.3) is 0 Å². The highest BCUT2D eigenvalue weighted by Gasteiger charge is 2.28. The quantitative estimate of drug-likeness (QED) is 0.871. The third-order valence-electron chi connectivity index (χ3n) is 2.76. The van der Waals surface area contributed by atoms with Crippen LogP contribution in [0.4, 0.5) is 4.39 Å². The van der Waals surface area contributed by atoms with Crippen LogP contribution in [-0.2, 0) is 14.8 Å². The van der Waals surface area contributed by atoms with E-state index in [-0.39, 0.29) is 23.0 Å². The highest BCUT2D eigenvalue weighted by Crippen LogP contribution is 2.25. The lowest BCUT2D eigenvalue weighted by molar-refractivity contribution is -0.141. The first-order chi connectivity index (χ1) is 9.20. The van der Waals surface area contributed by atoms with Gasteiger partial charge in [-0.15, -0.1) is 0 Å². The Morgan fingerprint density at radius 2 is 2.10 bits per heavy atom. The normalized spacial score (nSPS) is 13.4. The zero-order valence-electron chi connectivity index (χ0n) is 11.0. The van der Waals surface area contributed by atoms with Crippen LogP contribution in [0.3, 0.4) is 0 Å². The number of hydrogen-bond acceptors (Lipinski definition) is 3. The van der Waals surface area contributed by atoms with Gasteiger partial charge < -0.3 is 5.11 Å². The number of hydrogen-bond donors (Lipinski definition) is 1. The lowest BCUT2D eigenvalue weighted by atomic mass is 10.2. The molecule has 0 amide bonds. The van der Waals surface area contributed by atoms with Crippen molar-refractivity contribution in [2.45, 2.75) is 18.7 Å². The average molecular weight is 324 g/mol. The summed E-state index contributed by atoms with van der Waals surface area (Å²) in [5.41, 5.74) is 0. The fraction of sp³-hybridized carbons (Fsp3) is 0.417. The molecule has 0 radical (unpaired) electrons. The lowest BCUT2D eigenvalue weighted by Crippen LogP contribution is -2.36. The summed E-state index contributed by atoms with van der Waals surface area (Å²) in [6, 6.07) is 2.97. The Labute approximate surface area is 122 Å². The molecule has 0 aromatic heterocycles. The van der Waals surface area contributed by atoms with E-state index in [1.807, 2.05) is 0 Å². The first-order valence-electron chi connectivity index (χ1n) is 5.88. The second-order valence-corrected chi connectivity index (χ2v) is 6.58. The third kappa shape index (κ3) is 3.68. The van der Waals surface area contributed by atoms with E-state index in [1.54, 1.807) is 6.92 Å². The van der Waals surface area contributed by atoms with Crippen molar-refractivity contribution in [3.63, 3.8) is 0 Å². The maximum absolute atomic E-state index is 13.0. The van der Waals surface area contributed by atoms with E-state index in [9.17, 15) is 17.6 Å². The van der Waals surface area contributed by atoms with Crippen molar-refractivity contribution in [2.75, 3.05) is 13.1 Å². The molecule has 1 aromatic rings. The topological polar surface area (TPSA) is 74.7 Å². The fourth-order valence-corrected chi connectivity index (χ4v) is 3.65. The zero-order chi connectivity index (χ0) is 15.5. The van der Waals surface area contributed by atoms with Crippen molar-refractivity contribution < 1.29 is 22.7 Å². The van der Waals surface area contributed by atoms with E-state index in [4.69, 9.17) is 16.7 Å². The SMILES string of the molecule is CCN(CC(C)C(=O)O)S(=O)(=O)c1ccc(F)cc1Cl. The number of nitrogens with zero attached hydrogens (tertiary/aromatic N) is 1. The number of rotatable bonds is 6. The Morgan fingerprint density at radius 1 is 1.50 bits per heavy atom. The predicted octanol–water partition coefficient (Wildman–Crippen LogP) is 2.21. The van der Waals surface area contributed by atoms with Gasteiger partial charge >= 0.3 is 5.97 Å². The van der Waals surface area contributed by atoms with Gasteiger partial charge in [-0.25, -0.2) is 12.8 Å². The largest absolute Gasteiger partial charge is 0.481 e. The maximum Gasteiger partial charge on any atom is 0.307 e. The van der Waals surface area contributed by atoms with Gasteiger partial charge in [0.1, 0.15) is 10.7 Å². The van der Waals surface area contributed by atoms with E-state index in [2.05, 4.69) is 0 Å². The summed E-state index contributed by atoms with van der Waals surface area (Å²) in [6.07, 6.45) is 0. The van der Waals surface area contributed by atoms with Crippen LogP contribution in [0.25, 0.3) is 0 Å². The number of carboxylic acid groups (broad SMARTS) is 1. The van der Waals surface area contributed by atoms with Crippen LogP contribution in [-0.4, -0.2) is 36.9 Å². The molecule has 1 aromatic carbocycles. The Bertz CT molecular complexity index is 605. The molecule has 112 valence electrons. The summed E-state index contributed by atoms with van der Waals surface area (Å²) >= 11 is 5.75. The molecule has 0 bridgehead atoms. The molecular weight excluding hydrogens is 309 g/mol. The predicted molar refractivity (Wildman–Crippen MR) is 72.6 cm³/mol. The average Bonchev–Trinajstić information content (AvgIpc) is 2.34. The van der Waals surface area contributed by atoms with Gasteiger partial charge in [0, 0.05) is 13.1 Å². The van der Waals surface area contributed by atoms with Crippen LogP contribution in [0.1, 0.15) is 13.8 Å². The molecule has 1 rings (SSSR count). The highest BCUT2D eigenvalue weighted by molar-refractivity contribution is 7.89. The van der Waals surface area contributed by atoms with Crippen LogP contribution in [0.15, 0.2) is 23.1 Å². The minimum atomic E-state index is -3.96. The van der Waals surface area contributed by atoms with Crippen molar-refractivity contribution in [3.8, 4) is 0 Å². The first kappa shape index (κ1) is 16.9. The summed E-state index contributed by atoms with van der Waals surface area (Å²) in [4.78, 5) is 10.6. The van der Waals surface area contributed by atoms with Crippen molar-refractivity contribution in [3.05, 3.63) is 29.0 Å². The molecule has 1 N–H and O–H groups in total. The molecule has 0 fully saturated rings. The molecular formula is C12H15ClFNO4S. The molecule has 0 aliphatic rings. The second kappa shape index (κ2) is 6.51. The Balaban J connectivity index is 3.15. The zero-order valence-corrected chi connectivity index (χ0v) is 12.6. The third-order valence-corrected chi connectivity index (χ3v) is 5.19. The Morgan fingerprint density at radius 3 is 2.55 bits per heavy atom. The lowest BCUT2D eigenvalue weighted by Gasteiger charge is -2.22. The standard InChI is InChI=1S/C12H15ClFNO4S/c1-3-15(7-8(2)12(16)17)20(18,19)11-5-4-9(14)6-10(11)13/h4-6,8H,3,7H2,1-2H3,(H,16,17). The van der Waals surface area contributed by atoms with Crippen LogP contribution in [0, 0.1) is 11.7 Å². The molecule has 0 saturated heterocycles. The fourth-order valence-electron chi connectivity index (χ4n) is 1.60.